The molecule has 2 aromatic carbocycles. The third kappa shape index (κ3) is 3.57. The Morgan fingerprint density at radius 2 is 2.10 bits per heavy atom. The highest BCUT2D eigenvalue weighted by atomic mass is 19.1. The van der Waals surface area contributed by atoms with Crippen LogP contribution in [-0.2, 0) is 11.3 Å². The fraction of sp³-hybridized carbons (Fsp3) is 0.125. The first-order valence-electron chi connectivity index (χ1n) is 6.13. The molecule has 106 valence electrons. The Morgan fingerprint density at radius 1 is 1.29 bits per heavy atom. The molecule has 2 rings (SSSR count). The molecule has 0 saturated carbocycles. The second kappa shape index (κ2) is 6.53. The number of nitriles is 1. The summed E-state index contributed by atoms with van der Waals surface area (Å²) in [5.74, 6) is -0.582. The van der Waals surface area contributed by atoms with E-state index in [0.29, 0.717) is 16.9 Å². The summed E-state index contributed by atoms with van der Waals surface area (Å²) >= 11 is 0. The van der Waals surface area contributed by atoms with Crippen LogP contribution in [0, 0.1) is 17.1 Å². The lowest BCUT2D eigenvalue weighted by molar-refractivity contribution is 0.0469. The molecule has 0 bridgehead atoms. The number of methoxy groups -OCH3 is 1. The molecule has 0 aliphatic carbocycles. The Labute approximate surface area is 121 Å². The van der Waals surface area contributed by atoms with Gasteiger partial charge in [0.1, 0.15) is 18.2 Å². The lowest BCUT2D eigenvalue weighted by Crippen LogP contribution is -2.06. The molecule has 0 atom stereocenters. The van der Waals surface area contributed by atoms with Crippen molar-refractivity contribution >= 4 is 5.97 Å². The number of carbonyl (C=O) groups excluding carboxylic acids is 1. The molecule has 5 heteroatoms. The quantitative estimate of drug-likeness (QED) is 0.810. The van der Waals surface area contributed by atoms with Gasteiger partial charge in [0, 0.05) is 5.56 Å². The first-order valence-corrected chi connectivity index (χ1v) is 6.13. The van der Waals surface area contributed by atoms with Gasteiger partial charge in [-0.25, -0.2) is 9.18 Å². The Balaban J connectivity index is 2.11. The van der Waals surface area contributed by atoms with Crippen LogP contribution in [0.25, 0.3) is 0 Å². The van der Waals surface area contributed by atoms with Gasteiger partial charge in [0.05, 0.1) is 24.3 Å². The number of nitrogens with zero attached hydrogens (tertiary/aromatic N) is 1. The summed E-state index contributed by atoms with van der Waals surface area (Å²) in [6.45, 7) is -0.115. The number of benzene rings is 2. The third-order valence-corrected chi connectivity index (χ3v) is 2.83. The van der Waals surface area contributed by atoms with Gasteiger partial charge in [0.15, 0.2) is 0 Å². The lowest BCUT2D eigenvalue weighted by atomic mass is 10.1. The summed E-state index contributed by atoms with van der Waals surface area (Å²) in [5.41, 5.74) is 1.07. The first kappa shape index (κ1) is 14.5. The zero-order chi connectivity index (χ0) is 15.2. The molecular formula is C16H12FNO3. The number of halogens is 1. The number of hydrogen-bond donors (Lipinski definition) is 0. The molecular weight excluding hydrogens is 273 g/mol. The number of esters is 1. The van der Waals surface area contributed by atoms with E-state index in [0.717, 1.165) is 0 Å². The predicted octanol–water partition coefficient (Wildman–Crippen LogP) is 3.06. The van der Waals surface area contributed by atoms with Gasteiger partial charge >= 0.3 is 5.97 Å². The number of ether oxygens (including phenoxy) is 2. The van der Waals surface area contributed by atoms with E-state index in [1.165, 1.54) is 31.4 Å². The summed E-state index contributed by atoms with van der Waals surface area (Å²) in [6, 6.07) is 12.1. The molecule has 0 saturated heterocycles. The summed E-state index contributed by atoms with van der Waals surface area (Å²) in [6.07, 6.45) is 0. The lowest BCUT2D eigenvalue weighted by Gasteiger charge is -2.09. The molecule has 0 aliphatic heterocycles. The molecule has 2 aromatic rings. The highest BCUT2D eigenvalue weighted by Crippen LogP contribution is 2.20. The third-order valence-electron chi connectivity index (χ3n) is 2.83. The fourth-order valence-electron chi connectivity index (χ4n) is 1.80. The summed E-state index contributed by atoms with van der Waals surface area (Å²) < 4.78 is 23.4. The van der Waals surface area contributed by atoms with E-state index in [9.17, 15) is 9.18 Å². The van der Waals surface area contributed by atoms with Crippen LogP contribution in [0.5, 0.6) is 5.75 Å². The van der Waals surface area contributed by atoms with Gasteiger partial charge in [-0.05, 0) is 36.4 Å². The van der Waals surface area contributed by atoms with Crippen molar-refractivity contribution < 1.29 is 18.7 Å². The van der Waals surface area contributed by atoms with Crippen LogP contribution in [0.3, 0.4) is 0 Å². The zero-order valence-corrected chi connectivity index (χ0v) is 11.3. The van der Waals surface area contributed by atoms with Gasteiger partial charge in [-0.3, -0.25) is 0 Å². The first-order chi connectivity index (χ1) is 10.1. The zero-order valence-electron chi connectivity index (χ0n) is 11.3. The standard InChI is InChI=1S/C16H12FNO3/c1-20-15-6-5-14(17)8-13(15)10-21-16(19)12-4-2-3-11(7-12)9-18/h2-8H,10H2,1H3. The smallest absolute Gasteiger partial charge is 0.338 e. The molecule has 0 aromatic heterocycles. The molecule has 0 N–H and O–H groups in total. The number of rotatable bonds is 4. The van der Waals surface area contributed by atoms with E-state index >= 15 is 0 Å². The van der Waals surface area contributed by atoms with Crippen molar-refractivity contribution in [1.82, 2.24) is 0 Å². The predicted molar refractivity (Wildman–Crippen MR) is 73.2 cm³/mol. The average Bonchev–Trinajstić information content (AvgIpc) is 2.52. The minimum Gasteiger partial charge on any atom is -0.496 e. The molecule has 0 amide bonds. The van der Waals surface area contributed by atoms with Crippen LogP contribution in [-0.4, -0.2) is 13.1 Å². The maximum atomic E-state index is 13.2. The molecule has 0 unspecified atom stereocenters. The average molecular weight is 285 g/mol. The highest BCUT2D eigenvalue weighted by molar-refractivity contribution is 5.89. The SMILES string of the molecule is COc1ccc(F)cc1COC(=O)c1cccc(C#N)c1. The Hall–Kier alpha value is -2.87. The van der Waals surface area contributed by atoms with Gasteiger partial charge in [0.25, 0.3) is 0 Å². The maximum Gasteiger partial charge on any atom is 0.338 e. The minimum absolute atomic E-state index is 0.115. The summed E-state index contributed by atoms with van der Waals surface area (Å²) in [4.78, 5) is 11.9. The van der Waals surface area contributed by atoms with Crippen LogP contribution in [0.1, 0.15) is 21.5 Å². The van der Waals surface area contributed by atoms with E-state index in [2.05, 4.69) is 0 Å². The molecule has 21 heavy (non-hydrogen) atoms. The topological polar surface area (TPSA) is 59.3 Å². The molecule has 0 radical (unpaired) electrons. The van der Waals surface area contributed by atoms with Crippen LogP contribution < -0.4 is 4.74 Å². The summed E-state index contributed by atoms with van der Waals surface area (Å²) in [5, 5.41) is 8.79. The highest BCUT2D eigenvalue weighted by Gasteiger charge is 2.11. The van der Waals surface area contributed by atoms with E-state index in [1.807, 2.05) is 6.07 Å². The van der Waals surface area contributed by atoms with E-state index in [-0.39, 0.29) is 12.2 Å². The fourth-order valence-corrected chi connectivity index (χ4v) is 1.80. The molecule has 0 fully saturated rings. The second-order valence-electron chi connectivity index (χ2n) is 4.22. The van der Waals surface area contributed by atoms with Gasteiger partial charge in [0.2, 0.25) is 0 Å². The number of carbonyl (C=O) groups is 1. The van der Waals surface area contributed by atoms with Crippen LogP contribution in [0.4, 0.5) is 4.39 Å². The van der Waals surface area contributed by atoms with Crippen LogP contribution in [0.15, 0.2) is 42.5 Å². The van der Waals surface area contributed by atoms with Crippen molar-refractivity contribution in [3.05, 3.63) is 65.0 Å². The van der Waals surface area contributed by atoms with E-state index in [1.54, 1.807) is 18.2 Å². The van der Waals surface area contributed by atoms with Crippen LogP contribution >= 0.6 is 0 Å². The number of hydrogen-bond acceptors (Lipinski definition) is 4. The Kier molecular flexibility index (Phi) is 4.52. The van der Waals surface area contributed by atoms with Gasteiger partial charge in [-0.15, -0.1) is 0 Å². The van der Waals surface area contributed by atoms with E-state index in [4.69, 9.17) is 14.7 Å². The molecule has 0 spiro atoms. The van der Waals surface area contributed by atoms with Gasteiger partial charge < -0.3 is 9.47 Å². The second-order valence-corrected chi connectivity index (χ2v) is 4.22. The van der Waals surface area contributed by atoms with Crippen molar-refractivity contribution in [2.45, 2.75) is 6.61 Å². The van der Waals surface area contributed by atoms with Crippen molar-refractivity contribution in [3.63, 3.8) is 0 Å². The molecule has 0 aliphatic rings. The minimum atomic E-state index is -0.585. The van der Waals surface area contributed by atoms with Crippen molar-refractivity contribution in [1.29, 1.82) is 5.26 Å². The van der Waals surface area contributed by atoms with Crippen molar-refractivity contribution in [2.24, 2.45) is 0 Å². The molecule has 0 heterocycles. The van der Waals surface area contributed by atoms with E-state index < -0.39 is 11.8 Å². The Morgan fingerprint density at radius 3 is 2.81 bits per heavy atom. The molecule has 4 nitrogen and oxygen atoms in total. The Bertz CT molecular complexity index is 707. The van der Waals surface area contributed by atoms with Gasteiger partial charge in [-0.2, -0.15) is 5.26 Å². The van der Waals surface area contributed by atoms with Gasteiger partial charge in [-0.1, -0.05) is 6.07 Å². The largest absolute Gasteiger partial charge is 0.496 e. The van der Waals surface area contributed by atoms with Crippen LogP contribution in [0.2, 0.25) is 0 Å². The van der Waals surface area contributed by atoms with Crippen molar-refractivity contribution in [3.8, 4) is 11.8 Å². The monoisotopic (exact) mass is 285 g/mol. The van der Waals surface area contributed by atoms with Crippen molar-refractivity contribution in [2.75, 3.05) is 7.11 Å². The maximum absolute atomic E-state index is 13.2. The normalized spacial score (nSPS) is 9.76. The summed E-state index contributed by atoms with van der Waals surface area (Å²) in [7, 11) is 1.45.